The van der Waals surface area contributed by atoms with Gasteiger partial charge in [0.15, 0.2) is 0 Å². The van der Waals surface area contributed by atoms with Gasteiger partial charge in [-0.05, 0) is 92.6 Å². The van der Waals surface area contributed by atoms with Crippen molar-refractivity contribution < 1.29 is 4.74 Å². The first-order valence-corrected chi connectivity index (χ1v) is 12.0. The Kier molecular flexibility index (Phi) is 9.12. The lowest BCUT2D eigenvalue weighted by Crippen LogP contribution is -2.25. The van der Waals surface area contributed by atoms with Crippen molar-refractivity contribution in [2.24, 2.45) is 23.7 Å². The molecule has 0 saturated heterocycles. The van der Waals surface area contributed by atoms with E-state index in [0.29, 0.717) is 0 Å². The molecule has 0 aromatic heterocycles. The SMILES string of the molecule is C=CC[C@H]1CC[C@H]([C@H]2CC[C@H](CCCCc3ccc(COC)cc3)CC2)CC1. The Hall–Kier alpha value is -1.08. The quantitative estimate of drug-likeness (QED) is 0.297. The lowest BCUT2D eigenvalue weighted by molar-refractivity contribution is 0.143. The molecule has 0 heterocycles. The summed E-state index contributed by atoms with van der Waals surface area (Å²) in [4.78, 5) is 0. The van der Waals surface area contributed by atoms with Gasteiger partial charge in [-0.1, -0.05) is 56.0 Å². The van der Waals surface area contributed by atoms with Crippen LogP contribution in [0.5, 0.6) is 0 Å². The van der Waals surface area contributed by atoms with Crippen molar-refractivity contribution >= 4 is 0 Å². The minimum atomic E-state index is 0.721. The third-order valence-electron chi connectivity index (χ3n) is 7.61. The molecule has 28 heavy (non-hydrogen) atoms. The average molecular weight is 383 g/mol. The van der Waals surface area contributed by atoms with Crippen molar-refractivity contribution in [1.29, 1.82) is 0 Å². The van der Waals surface area contributed by atoms with Crippen LogP contribution in [-0.4, -0.2) is 7.11 Å². The Morgan fingerprint density at radius 1 is 0.821 bits per heavy atom. The topological polar surface area (TPSA) is 9.23 Å². The number of methoxy groups -OCH3 is 1. The number of aryl methyl sites for hydroxylation is 1. The van der Waals surface area contributed by atoms with Gasteiger partial charge in [0.05, 0.1) is 6.61 Å². The maximum Gasteiger partial charge on any atom is 0.0713 e. The summed E-state index contributed by atoms with van der Waals surface area (Å²) in [5, 5.41) is 0. The van der Waals surface area contributed by atoms with E-state index in [-0.39, 0.29) is 0 Å². The smallest absolute Gasteiger partial charge is 0.0713 e. The number of hydrogen-bond donors (Lipinski definition) is 0. The van der Waals surface area contributed by atoms with Gasteiger partial charge in [-0.2, -0.15) is 0 Å². The molecule has 0 amide bonds. The van der Waals surface area contributed by atoms with Gasteiger partial charge in [0.1, 0.15) is 0 Å². The lowest BCUT2D eigenvalue weighted by atomic mass is 9.68. The number of benzene rings is 1. The van der Waals surface area contributed by atoms with Crippen molar-refractivity contribution in [2.75, 3.05) is 7.11 Å². The molecule has 1 nitrogen and oxygen atoms in total. The van der Waals surface area contributed by atoms with Gasteiger partial charge in [0, 0.05) is 7.11 Å². The Labute approximate surface area is 174 Å². The first kappa shape index (κ1) is 21.6. The molecule has 1 heteroatoms. The molecule has 156 valence electrons. The molecule has 2 saturated carbocycles. The predicted octanol–water partition coefficient (Wildman–Crippen LogP) is 7.73. The third-order valence-corrected chi connectivity index (χ3v) is 7.61. The number of rotatable bonds is 10. The van der Waals surface area contributed by atoms with Crippen LogP contribution in [0.1, 0.15) is 88.2 Å². The van der Waals surface area contributed by atoms with E-state index in [2.05, 4.69) is 36.9 Å². The van der Waals surface area contributed by atoms with Crippen LogP contribution in [0.2, 0.25) is 0 Å². The van der Waals surface area contributed by atoms with Crippen molar-refractivity contribution in [1.82, 2.24) is 0 Å². The van der Waals surface area contributed by atoms with E-state index in [9.17, 15) is 0 Å². The monoisotopic (exact) mass is 382 g/mol. The summed E-state index contributed by atoms with van der Waals surface area (Å²) in [6, 6.07) is 8.99. The summed E-state index contributed by atoms with van der Waals surface area (Å²) in [5.41, 5.74) is 2.76. The van der Waals surface area contributed by atoms with Gasteiger partial charge >= 0.3 is 0 Å². The van der Waals surface area contributed by atoms with Crippen LogP contribution in [0.15, 0.2) is 36.9 Å². The van der Waals surface area contributed by atoms with Crippen LogP contribution in [-0.2, 0) is 17.8 Å². The van der Waals surface area contributed by atoms with Crippen molar-refractivity contribution in [3.05, 3.63) is 48.0 Å². The molecule has 0 radical (unpaired) electrons. The van der Waals surface area contributed by atoms with Crippen LogP contribution in [0.25, 0.3) is 0 Å². The Morgan fingerprint density at radius 3 is 1.96 bits per heavy atom. The average Bonchev–Trinajstić information content (AvgIpc) is 2.74. The van der Waals surface area contributed by atoms with E-state index in [1.54, 1.807) is 7.11 Å². The molecule has 0 unspecified atom stereocenters. The van der Waals surface area contributed by atoms with E-state index in [1.165, 1.54) is 94.6 Å². The zero-order valence-corrected chi connectivity index (χ0v) is 18.2. The summed E-state index contributed by atoms with van der Waals surface area (Å²) in [7, 11) is 1.76. The Balaban J connectivity index is 1.27. The summed E-state index contributed by atoms with van der Waals surface area (Å²) < 4.78 is 5.19. The zero-order valence-electron chi connectivity index (χ0n) is 18.2. The predicted molar refractivity (Wildman–Crippen MR) is 120 cm³/mol. The van der Waals surface area contributed by atoms with Gasteiger partial charge in [-0.15, -0.1) is 6.58 Å². The fourth-order valence-corrected chi connectivity index (χ4v) is 5.81. The fraction of sp³-hybridized carbons (Fsp3) is 0.704. The highest BCUT2D eigenvalue weighted by atomic mass is 16.5. The van der Waals surface area contributed by atoms with E-state index in [4.69, 9.17) is 4.74 Å². The van der Waals surface area contributed by atoms with Gasteiger partial charge in [0.25, 0.3) is 0 Å². The highest BCUT2D eigenvalue weighted by Gasteiger charge is 2.30. The van der Waals surface area contributed by atoms with E-state index >= 15 is 0 Å². The zero-order chi connectivity index (χ0) is 19.6. The van der Waals surface area contributed by atoms with E-state index < -0.39 is 0 Å². The number of allylic oxidation sites excluding steroid dienone is 1. The van der Waals surface area contributed by atoms with Crippen molar-refractivity contribution in [2.45, 2.75) is 90.1 Å². The summed E-state index contributed by atoms with van der Waals surface area (Å²) >= 11 is 0. The molecular formula is C27H42O. The van der Waals surface area contributed by atoms with Crippen molar-refractivity contribution in [3.63, 3.8) is 0 Å². The maximum atomic E-state index is 5.19. The molecule has 0 bridgehead atoms. The summed E-state index contributed by atoms with van der Waals surface area (Å²) in [6.45, 7) is 4.65. The second-order valence-corrected chi connectivity index (χ2v) is 9.58. The molecule has 1 aromatic rings. The Morgan fingerprint density at radius 2 is 1.39 bits per heavy atom. The standard InChI is InChI=1S/C27H42O/c1-3-6-22-13-17-26(18-14-22)27-19-15-24(16-20-27)8-5-4-7-23-9-11-25(12-10-23)21-28-2/h3,9-12,22,24,26-27H,1,4-8,13-21H2,2H3/t22-,24-,26-,27-. The number of ether oxygens (including phenoxy) is 1. The molecule has 1 aromatic carbocycles. The van der Waals surface area contributed by atoms with Crippen LogP contribution < -0.4 is 0 Å². The van der Waals surface area contributed by atoms with Crippen LogP contribution in [0.4, 0.5) is 0 Å². The van der Waals surface area contributed by atoms with Gasteiger partial charge in [-0.25, -0.2) is 0 Å². The molecular weight excluding hydrogens is 340 g/mol. The van der Waals surface area contributed by atoms with Crippen LogP contribution in [0.3, 0.4) is 0 Å². The van der Waals surface area contributed by atoms with E-state index in [0.717, 1.165) is 30.3 Å². The van der Waals surface area contributed by atoms with Gasteiger partial charge < -0.3 is 4.74 Å². The fourth-order valence-electron chi connectivity index (χ4n) is 5.81. The molecule has 2 aliphatic carbocycles. The molecule has 0 aliphatic heterocycles. The first-order chi connectivity index (χ1) is 13.8. The minimum absolute atomic E-state index is 0.721. The second-order valence-electron chi connectivity index (χ2n) is 9.58. The van der Waals surface area contributed by atoms with Gasteiger partial charge in [0.2, 0.25) is 0 Å². The van der Waals surface area contributed by atoms with Gasteiger partial charge in [-0.3, -0.25) is 0 Å². The molecule has 3 rings (SSSR count). The largest absolute Gasteiger partial charge is 0.380 e. The third kappa shape index (κ3) is 6.76. The molecule has 2 aliphatic rings. The molecule has 0 atom stereocenters. The summed E-state index contributed by atoms with van der Waals surface area (Å²) in [5.74, 6) is 4.05. The van der Waals surface area contributed by atoms with Crippen molar-refractivity contribution in [3.8, 4) is 0 Å². The molecule has 0 N–H and O–H groups in total. The maximum absolute atomic E-state index is 5.19. The number of hydrogen-bond acceptors (Lipinski definition) is 1. The first-order valence-electron chi connectivity index (χ1n) is 12.0. The minimum Gasteiger partial charge on any atom is -0.380 e. The van der Waals surface area contributed by atoms with E-state index in [1.807, 2.05) is 0 Å². The van der Waals surface area contributed by atoms with Crippen LogP contribution >= 0.6 is 0 Å². The normalized spacial score (nSPS) is 28.2. The second kappa shape index (κ2) is 11.8. The molecule has 2 fully saturated rings. The highest BCUT2D eigenvalue weighted by molar-refractivity contribution is 5.22. The Bertz CT molecular complexity index is 544. The highest BCUT2D eigenvalue weighted by Crippen LogP contribution is 2.42. The number of unbranched alkanes of at least 4 members (excludes halogenated alkanes) is 1. The lowest BCUT2D eigenvalue weighted by Gasteiger charge is -2.37. The molecule has 0 spiro atoms. The van der Waals surface area contributed by atoms with Crippen LogP contribution in [0, 0.1) is 23.7 Å². The summed E-state index contributed by atoms with van der Waals surface area (Å²) in [6.07, 6.45) is 20.8.